The van der Waals surface area contributed by atoms with E-state index in [-0.39, 0.29) is 10.8 Å². The first kappa shape index (κ1) is 67.2. The van der Waals surface area contributed by atoms with Crippen LogP contribution in [0.3, 0.4) is 0 Å². The maximum atomic E-state index is 6.75. The lowest BCUT2D eigenvalue weighted by atomic mass is 9.79. The Kier molecular flexibility index (Phi) is 13.9. The van der Waals surface area contributed by atoms with E-state index in [0.717, 1.165) is 38.8 Å². The molecule has 0 atom stereocenters. The van der Waals surface area contributed by atoms with E-state index in [0.29, 0.717) is 0 Å². The van der Waals surface area contributed by atoms with E-state index in [1.54, 1.807) is 0 Å². The van der Waals surface area contributed by atoms with Gasteiger partial charge in [0.25, 0.3) is 0 Å². The molecule has 558 valence electrons. The summed E-state index contributed by atoms with van der Waals surface area (Å²) in [6.45, 7) is 9.56. The number of benzene rings is 22. The third-order valence-corrected chi connectivity index (χ3v) is 27.7. The van der Waals surface area contributed by atoms with Crippen molar-refractivity contribution in [2.75, 3.05) is 0 Å². The quantitative estimate of drug-likeness (QED) is 0.149. The van der Waals surface area contributed by atoms with Crippen molar-refractivity contribution in [3.63, 3.8) is 0 Å². The fraction of sp³-hybridized carbons (Fsp3) is 0.0508. The molecule has 120 heavy (non-hydrogen) atoms. The van der Waals surface area contributed by atoms with E-state index >= 15 is 0 Å². The minimum absolute atomic E-state index is 0.218. The molecule has 0 radical (unpaired) electrons. The second kappa shape index (κ2) is 24.8. The van der Waals surface area contributed by atoms with Crippen molar-refractivity contribution in [1.29, 1.82) is 0 Å². The Morgan fingerprint density at radius 2 is 0.550 bits per heavy atom. The standard InChI is InChI=1S/C118H74O2/c1-117(2)102-54-56-105-113(98-52-43-69-21-9-12-28-86(69)116(98)120-105)112(102)97-51-47-81(65-104(97)117)75-36-38-77-60-83(42-40-73(77)58-75)109-91-30-14-16-32-93(91)111(89-34-18-25-68-20-8-11-27-85(68)89)100-62-79(46-50-95(100)109)78-45-49-94-99(61-78)110(88-33-17-24-67-19-7-10-26-84(67)88)92-31-15-13-29-90(92)108(94)82-41-39-72-57-74(35-37-76(72)59-82)80-44-48-87-96-53-55-106-114(115(96)118(3,4)103(87)64-80)101-63-70-22-5-6-23-71(70)66-107(101)119-106/h5-66H,1-4H3. The van der Waals surface area contributed by atoms with Crippen molar-refractivity contribution in [3.05, 3.63) is 398 Å². The second-order valence-electron chi connectivity index (χ2n) is 34.8. The molecular weight excluding hydrogens is 1450 g/mol. The Morgan fingerprint density at radius 1 is 0.175 bits per heavy atom. The first-order valence-corrected chi connectivity index (χ1v) is 42.1. The Bertz CT molecular complexity index is 8720. The largest absolute Gasteiger partial charge is 0.456 e. The van der Waals surface area contributed by atoms with Gasteiger partial charge in [0.05, 0.1) is 0 Å². The molecule has 0 N–H and O–H groups in total. The lowest BCUT2D eigenvalue weighted by molar-refractivity contribution is 0.657. The van der Waals surface area contributed by atoms with Crippen molar-refractivity contribution < 1.29 is 8.83 Å². The van der Waals surface area contributed by atoms with Gasteiger partial charge in [-0.15, -0.1) is 0 Å². The highest BCUT2D eigenvalue weighted by Gasteiger charge is 2.40. The number of hydrogen-bond donors (Lipinski definition) is 0. The maximum absolute atomic E-state index is 6.75. The van der Waals surface area contributed by atoms with Crippen molar-refractivity contribution in [3.8, 4) is 100 Å². The zero-order chi connectivity index (χ0) is 79.1. The summed E-state index contributed by atoms with van der Waals surface area (Å²) < 4.78 is 13.4. The van der Waals surface area contributed by atoms with Crippen LogP contribution in [0, 0.1) is 0 Å². The Morgan fingerprint density at radius 3 is 1.12 bits per heavy atom. The van der Waals surface area contributed by atoms with Crippen LogP contribution in [0.5, 0.6) is 0 Å². The van der Waals surface area contributed by atoms with E-state index in [1.807, 2.05) is 0 Å². The minimum Gasteiger partial charge on any atom is -0.456 e. The molecule has 0 amide bonds. The van der Waals surface area contributed by atoms with Gasteiger partial charge in [-0.3, -0.25) is 0 Å². The average Bonchev–Trinajstić information content (AvgIpc) is 1.50. The molecule has 2 heterocycles. The average molecular weight is 1520 g/mol. The SMILES string of the molecule is CC1(C)c2cc(-c3ccc4cc(-c5c6ccccc6c(-c6cccc7ccccc67)c6cc(-c7ccc8c(-c9ccc%10cc(-c%11ccc%12c(c%11)C(C)(C)c%11c-%12ccc%12oc%13cc%14ccccc%14cc%13c%11%12)ccc%10c9)c9ccccc9c(-c9cccc%10ccccc9%10)c8c7)ccc56)ccc4c3)ccc2-c2c1ccc1oc3c4ccccc4ccc3c21. The molecule has 0 unspecified atom stereocenters. The Hall–Kier alpha value is -15.0. The Labute approximate surface area is 692 Å². The van der Waals surface area contributed by atoms with Crippen molar-refractivity contribution in [2.45, 2.75) is 38.5 Å². The normalized spacial score (nSPS) is 13.5. The first-order chi connectivity index (χ1) is 59.0. The molecule has 22 aromatic carbocycles. The summed E-state index contributed by atoms with van der Waals surface area (Å²) in [5.41, 5.74) is 30.7. The van der Waals surface area contributed by atoms with E-state index < -0.39 is 0 Å². The van der Waals surface area contributed by atoms with E-state index in [1.165, 1.54) is 235 Å². The molecule has 0 aliphatic heterocycles. The van der Waals surface area contributed by atoms with Crippen LogP contribution in [0.1, 0.15) is 49.9 Å². The van der Waals surface area contributed by atoms with Crippen LogP contribution in [0.15, 0.2) is 385 Å². The molecule has 26 rings (SSSR count). The molecule has 2 heteroatoms. The number of rotatable bonds is 7. The van der Waals surface area contributed by atoms with Crippen LogP contribution in [-0.4, -0.2) is 0 Å². The molecule has 2 aromatic heterocycles. The zero-order valence-electron chi connectivity index (χ0n) is 66.6. The predicted molar refractivity (Wildman–Crippen MR) is 509 cm³/mol. The van der Waals surface area contributed by atoms with Gasteiger partial charge in [0.15, 0.2) is 0 Å². The fourth-order valence-electron chi connectivity index (χ4n) is 22.0. The Balaban J connectivity index is 0.604. The third-order valence-electron chi connectivity index (χ3n) is 27.7. The molecule has 0 bridgehead atoms. The van der Waals surface area contributed by atoms with E-state index in [4.69, 9.17) is 8.83 Å². The van der Waals surface area contributed by atoms with Crippen LogP contribution in [0.25, 0.3) is 252 Å². The van der Waals surface area contributed by atoms with Crippen LogP contribution in [0.2, 0.25) is 0 Å². The highest BCUT2D eigenvalue weighted by Crippen LogP contribution is 2.58. The summed E-state index contributed by atoms with van der Waals surface area (Å²) in [7, 11) is 0. The van der Waals surface area contributed by atoms with Gasteiger partial charge in [0, 0.05) is 37.8 Å². The molecular formula is C118H74O2. The first-order valence-electron chi connectivity index (χ1n) is 42.1. The van der Waals surface area contributed by atoms with Gasteiger partial charge in [-0.05, 0) is 304 Å². The molecule has 2 nitrogen and oxygen atoms in total. The van der Waals surface area contributed by atoms with Crippen molar-refractivity contribution in [1.82, 2.24) is 0 Å². The topological polar surface area (TPSA) is 26.3 Å². The second-order valence-corrected chi connectivity index (χ2v) is 34.8. The molecule has 0 saturated heterocycles. The molecule has 24 aromatic rings. The summed E-state index contributed by atoms with van der Waals surface area (Å²) in [5.74, 6) is 0. The van der Waals surface area contributed by atoms with Gasteiger partial charge in [0.1, 0.15) is 22.3 Å². The van der Waals surface area contributed by atoms with Crippen molar-refractivity contribution in [2.24, 2.45) is 0 Å². The highest BCUT2D eigenvalue weighted by molar-refractivity contribution is 6.28. The minimum atomic E-state index is -0.266. The van der Waals surface area contributed by atoms with Gasteiger partial charge in [-0.25, -0.2) is 0 Å². The molecule has 0 spiro atoms. The zero-order valence-corrected chi connectivity index (χ0v) is 66.6. The lowest BCUT2D eigenvalue weighted by Gasteiger charge is -2.23. The van der Waals surface area contributed by atoms with Gasteiger partial charge >= 0.3 is 0 Å². The van der Waals surface area contributed by atoms with Crippen LogP contribution in [-0.2, 0) is 10.8 Å². The number of fused-ring (bicyclic) bond motifs is 25. The monoisotopic (exact) mass is 1520 g/mol. The summed E-state index contributed by atoms with van der Waals surface area (Å²) in [6.07, 6.45) is 0. The summed E-state index contributed by atoms with van der Waals surface area (Å²) in [5, 5.41) is 29.0. The molecule has 2 aliphatic rings. The van der Waals surface area contributed by atoms with Crippen molar-refractivity contribution >= 4 is 152 Å². The molecule has 0 fully saturated rings. The number of furan rings is 2. The molecule has 2 aliphatic carbocycles. The van der Waals surface area contributed by atoms with Gasteiger partial charge in [-0.2, -0.15) is 0 Å². The summed E-state index contributed by atoms with van der Waals surface area (Å²) in [4.78, 5) is 0. The van der Waals surface area contributed by atoms with Gasteiger partial charge in [-0.1, -0.05) is 325 Å². The van der Waals surface area contributed by atoms with E-state index in [9.17, 15) is 0 Å². The highest BCUT2D eigenvalue weighted by atomic mass is 16.3. The van der Waals surface area contributed by atoms with Gasteiger partial charge in [0.2, 0.25) is 0 Å². The smallest absolute Gasteiger partial charge is 0.143 e. The predicted octanol–water partition coefficient (Wildman–Crippen LogP) is 33.3. The maximum Gasteiger partial charge on any atom is 0.143 e. The van der Waals surface area contributed by atoms with E-state index in [2.05, 4.69) is 404 Å². The van der Waals surface area contributed by atoms with Crippen LogP contribution in [0.4, 0.5) is 0 Å². The van der Waals surface area contributed by atoms with Gasteiger partial charge < -0.3 is 8.83 Å². The molecule has 0 saturated carbocycles. The summed E-state index contributed by atoms with van der Waals surface area (Å²) >= 11 is 0. The third kappa shape index (κ3) is 9.62. The van der Waals surface area contributed by atoms with Crippen LogP contribution < -0.4 is 0 Å². The fourth-order valence-corrected chi connectivity index (χ4v) is 22.0. The van der Waals surface area contributed by atoms with Crippen LogP contribution >= 0.6 is 0 Å². The lowest BCUT2D eigenvalue weighted by Crippen LogP contribution is -2.15. The summed E-state index contributed by atoms with van der Waals surface area (Å²) in [6, 6.07) is 142. The number of hydrogen-bond acceptors (Lipinski definition) is 2.